The van der Waals surface area contributed by atoms with Crippen molar-refractivity contribution in [2.45, 2.75) is 39.8 Å². The maximum atomic E-state index is 6.40. The molecule has 2 heterocycles. The van der Waals surface area contributed by atoms with Crippen LogP contribution in [0.2, 0.25) is 9.36 Å². The van der Waals surface area contributed by atoms with E-state index in [1.807, 2.05) is 17.7 Å². The summed E-state index contributed by atoms with van der Waals surface area (Å²) in [7, 11) is 0. The molecule has 0 radical (unpaired) electrons. The minimum atomic E-state index is 0.219. The summed E-state index contributed by atoms with van der Waals surface area (Å²) in [5.74, 6) is 0. The molecular weight excluding hydrogens is 313 g/mol. The van der Waals surface area contributed by atoms with Crippen molar-refractivity contribution in [3.63, 3.8) is 0 Å². The standard InChI is InChI=1S/C14H19Cl2N3S/c1-4-17-10(12-6-7-13(15)20-12)8-11-14(16)9(3)18-19(11)5-2/h6-7,10,17H,4-5,8H2,1-3H3. The van der Waals surface area contributed by atoms with Gasteiger partial charge in [-0.1, -0.05) is 30.1 Å². The molecule has 0 amide bonds. The summed E-state index contributed by atoms with van der Waals surface area (Å²) in [5.41, 5.74) is 1.98. The lowest BCUT2D eigenvalue weighted by Gasteiger charge is -2.17. The van der Waals surface area contributed by atoms with Crippen molar-refractivity contribution in [3.8, 4) is 0 Å². The third-order valence-electron chi connectivity index (χ3n) is 3.24. The lowest BCUT2D eigenvalue weighted by molar-refractivity contribution is 0.522. The molecular formula is C14H19Cl2N3S. The lowest BCUT2D eigenvalue weighted by Crippen LogP contribution is -2.23. The SMILES string of the molecule is CCNC(Cc1c(Cl)c(C)nn1CC)c1ccc(Cl)s1. The Balaban J connectivity index is 2.28. The molecule has 110 valence electrons. The molecule has 0 bridgehead atoms. The van der Waals surface area contributed by atoms with Crippen LogP contribution in [0.3, 0.4) is 0 Å². The molecule has 1 unspecified atom stereocenters. The second kappa shape index (κ2) is 6.94. The predicted molar refractivity (Wildman–Crippen MR) is 87.1 cm³/mol. The van der Waals surface area contributed by atoms with E-state index in [0.717, 1.165) is 40.3 Å². The maximum absolute atomic E-state index is 6.40. The minimum absolute atomic E-state index is 0.219. The molecule has 6 heteroatoms. The molecule has 1 N–H and O–H groups in total. The highest BCUT2D eigenvalue weighted by molar-refractivity contribution is 7.16. The summed E-state index contributed by atoms with van der Waals surface area (Å²) in [6.45, 7) is 7.86. The van der Waals surface area contributed by atoms with Gasteiger partial charge in [-0.15, -0.1) is 11.3 Å². The summed E-state index contributed by atoms with van der Waals surface area (Å²) in [6, 6.07) is 4.24. The Hall–Kier alpha value is -0.550. The van der Waals surface area contributed by atoms with Crippen LogP contribution in [0.1, 0.15) is 36.2 Å². The van der Waals surface area contributed by atoms with Crippen LogP contribution in [-0.4, -0.2) is 16.3 Å². The third kappa shape index (κ3) is 3.37. The first-order valence-electron chi connectivity index (χ1n) is 6.77. The second-order valence-corrected chi connectivity index (χ2v) is 6.74. The molecule has 0 aromatic carbocycles. The van der Waals surface area contributed by atoms with Crippen molar-refractivity contribution < 1.29 is 0 Å². The van der Waals surface area contributed by atoms with E-state index >= 15 is 0 Å². The van der Waals surface area contributed by atoms with E-state index < -0.39 is 0 Å². The van der Waals surface area contributed by atoms with Crippen LogP contribution in [0.5, 0.6) is 0 Å². The zero-order valence-corrected chi connectivity index (χ0v) is 14.2. The lowest BCUT2D eigenvalue weighted by atomic mass is 10.1. The van der Waals surface area contributed by atoms with Crippen molar-refractivity contribution in [1.82, 2.24) is 15.1 Å². The number of hydrogen-bond acceptors (Lipinski definition) is 3. The molecule has 0 saturated heterocycles. The first kappa shape index (κ1) is 15.8. The van der Waals surface area contributed by atoms with Gasteiger partial charge in [0.2, 0.25) is 0 Å². The number of nitrogens with zero attached hydrogens (tertiary/aromatic N) is 2. The zero-order valence-electron chi connectivity index (χ0n) is 11.9. The van der Waals surface area contributed by atoms with Crippen LogP contribution in [0.15, 0.2) is 12.1 Å². The summed E-state index contributed by atoms with van der Waals surface area (Å²) in [6.07, 6.45) is 0.818. The minimum Gasteiger partial charge on any atom is -0.309 e. The number of halogens is 2. The first-order valence-corrected chi connectivity index (χ1v) is 8.34. The molecule has 2 rings (SSSR count). The van der Waals surface area contributed by atoms with Gasteiger partial charge in [0.15, 0.2) is 0 Å². The number of hydrogen-bond donors (Lipinski definition) is 1. The smallest absolute Gasteiger partial charge is 0.0931 e. The van der Waals surface area contributed by atoms with Crippen LogP contribution in [0.25, 0.3) is 0 Å². The number of thiophene rings is 1. The number of rotatable bonds is 6. The molecule has 1 atom stereocenters. The van der Waals surface area contributed by atoms with Crippen molar-refractivity contribution in [3.05, 3.63) is 37.8 Å². The van der Waals surface area contributed by atoms with E-state index in [1.54, 1.807) is 11.3 Å². The fraction of sp³-hybridized carbons (Fsp3) is 0.500. The highest BCUT2D eigenvalue weighted by Crippen LogP contribution is 2.31. The molecule has 0 aliphatic heterocycles. The van der Waals surface area contributed by atoms with Crippen LogP contribution in [0.4, 0.5) is 0 Å². The van der Waals surface area contributed by atoms with Gasteiger partial charge >= 0.3 is 0 Å². The Kier molecular flexibility index (Phi) is 5.49. The van der Waals surface area contributed by atoms with E-state index in [2.05, 4.69) is 30.3 Å². The van der Waals surface area contributed by atoms with E-state index in [1.165, 1.54) is 4.88 Å². The number of aryl methyl sites for hydroxylation is 2. The molecule has 0 spiro atoms. The van der Waals surface area contributed by atoms with Gasteiger partial charge in [0.1, 0.15) is 0 Å². The Bertz CT molecular complexity index is 577. The monoisotopic (exact) mass is 331 g/mol. The van der Waals surface area contributed by atoms with Gasteiger partial charge in [-0.3, -0.25) is 4.68 Å². The Morgan fingerprint density at radius 1 is 1.35 bits per heavy atom. The van der Waals surface area contributed by atoms with Crippen LogP contribution < -0.4 is 5.32 Å². The normalized spacial score (nSPS) is 12.8. The Labute approximate surface area is 133 Å². The molecule has 0 fully saturated rings. The van der Waals surface area contributed by atoms with Crippen molar-refractivity contribution in [1.29, 1.82) is 0 Å². The van der Waals surface area contributed by atoms with Crippen molar-refractivity contribution in [2.75, 3.05) is 6.54 Å². The highest BCUT2D eigenvalue weighted by Gasteiger charge is 2.19. The Morgan fingerprint density at radius 2 is 2.10 bits per heavy atom. The third-order valence-corrected chi connectivity index (χ3v) is 5.07. The molecule has 3 nitrogen and oxygen atoms in total. The highest BCUT2D eigenvalue weighted by atomic mass is 35.5. The summed E-state index contributed by atoms with van der Waals surface area (Å²) < 4.78 is 2.80. The van der Waals surface area contributed by atoms with Gasteiger partial charge in [-0.2, -0.15) is 5.10 Å². The van der Waals surface area contributed by atoms with Crippen LogP contribution in [0, 0.1) is 6.92 Å². The fourth-order valence-electron chi connectivity index (χ4n) is 2.29. The molecule has 2 aromatic heterocycles. The van der Waals surface area contributed by atoms with Gasteiger partial charge in [0.05, 0.1) is 20.7 Å². The van der Waals surface area contributed by atoms with Gasteiger partial charge in [-0.05, 0) is 32.5 Å². The van der Waals surface area contributed by atoms with E-state index in [4.69, 9.17) is 23.2 Å². The fourth-order valence-corrected chi connectivity index (χ4v) is 3.64. The average Bonchev–Trinajstić information content (AvgIpc) is 2.96. The summed E-state index contributed by atoms with van der Waals surface area (Å²) in [5, 5.41) is 8.75. The summed E-state index contributed by atoms with van der Waals surface area (Å²) >= 11 is 14.1. The zero-order chi connectivity index (χ0) is 14.7. The van der Waals surface area contributed by atoms with E-state index in [9.17, 15) is 0 Å². The first-order chi connectivity index (χ1) is 9.56. The largest absolute Gasteiger partial charge is 0.309 e. The molecule has 2 aromatic rings. The van der Waals surface area contributed by atoms with Crippen LogP contribution in [-0.2, 0) is 13.0 Å². The Morgan fingerprint density at radius 3 is 2.65 bits per heavy atom. The summed E-state index contributed by atoms with van der Waals surface area (Å²) in [4.78, 5) is 1.23. The number of nitrogens with one attached hydrogen (secondary N) is 1. The van der Waals surface area contributed by atoms with Crippen molar-refractivity contribution in [2.24, 2.45) is 0 Å². The molecule has 0 aliphatic carbocycles. The molecule has 0 aliphatic rings. The van der Waals surface area contributed by atoms with Crippen LogP contribution >= 0.6 is 34.5 Å². The number of likely N-dealkylation sites (N-methyl/N-ethyl adjacent to an activating group) is 1. The molecule has 20 heavy (non-hydrogen) atoms. The van der Waals surface area contributed by atoms with Gasteiger partial charge < -0.3 is 5.32 Å². The predicted octanol–water partition coefficient (Wildman–Crippen LogP) is 4.47. The molecule has 0 saturated carbocycles. The van der Waals surface area contributed by atoms with Gasteiger partial charge in [0, 0.05) is 23.9 Å². The van der Waals surface area contributed by atoms with E-state index in [-0.39, 0.29) is 6.04 Å². The van der Waals surface area contributed by atoms with E-state index in [0.29, 0.717) is 0 Å². The maximum Gasteiger partial charge on any atom is 0.0931 e. The van der Waals surface area contributed by atoms with Gasteiger partial charge in [0.25, 0.3) is 0 Å². The van der Waals surface area contributed by atoms with Gasteiger partial charge in [-0.25, -0.2) is 0 Å². The average molecular weight is 332 g/mol. The van der Waals surface area contributed by atoms with Crippen molar-refractivity contribution >= 4 is 34.5 Å². The quantitative estimate of drug-likeness (QED) is 0.846. The number of aromatic nitrogens is 2. The topological polar surface area (TPSA) is 29.9 Å². The second-order valence-electron chi connectivity index (χ2n) is 4.62.